The molecule has 0 saturated carbocycles. The molecule has 2 heteroatoms. The highest BCUT2D eigenvalue weighted by molar-refractivity contribution is 4.67. The second-order valence-electron chi connectivity index (χ2n) is 2.32. The maximum absolute atomic E-state index is 5.33. The second kappa shape index (κ2) is 3.85. The van der Waals surface area contributed by atoms with Gasteiger partial charge >= 0.3 is 0 Å². The highest BCUT2D eigenvalue weighted by Gasteiger charge is 2.11. The second-order valence-corrected chi connectivity index (χ2v) is 2.32. The molecule has 0 atom stereocenters. The van der Waals surface area contributed by atoms with Crippen molar-refractivity contribution < 1.29 is 4.74 Å². The van der Waals surface area contributed by atoms with Gasteiger partial charge in [-0.3, -0.25) is 0 Å². The lowest BCUT2D eigenvalue weighted by atomic mass is 10.1. The van der Waals surface area contributed by atoms with Gasteiger partial charge in [0.25, 0.3) is 0 Å². The van der Waals surface area contributed by atoms with E-state index in [0.717, 1.165) is 25.9 Å². The third kappa shape index (κ3) is 2.33. The van der Waals surface area contributed by atoms with E-state index in [-0.39, 0.29) is 0 Å². The molecular formula is C7H14NO. The van der Waals surface area contributed by atoms with E-state index in [4.69, 9.17) is 4.74 Å². The van der Waals surface area contributed by atoms with E-state index in [0.29, 0.717) is 12.7 Å². The van der Waals surface area contributed by atoms with Crippen LogP contribution >= 0.6 is 0 Å². The maximum Gasteiger partial charge on any atom is 0.0599 e. The average molecular weight is 128 g/mol. The van der Waals surface area contributed by atoms with Crippen molar-refractivity contribution in [3.05, 3.63) is 6.92 Å². The first-order chi connectivity index (χ1) is 4.43. The Balaban J connectivity index is 2.08. The summed E-state index contributed by atoms with van der Waals surface area (Å²) in [7, 11) is 0. The van der Waals surface area contributed by atoms with Gasteiger partial charge in [-0.05, 0) is 32.9 Å². The van der Waals surface area contributed by atoms with E-state index in [1.807, 2.05) is 0 Å². The summed E-state index contributed by atoms with van der Waals surface area (Å²) in [6, 6.07) is 0. The van der Waals surface area contributed by atoms with Gasteiger partial charge in [0.05, 0.1) is 6.10 Å². The quantitative estimate of drug-likeness (QED) is 0.587. The zero-order valence-corrected chi connectivity index (χ0v) is 5.73. The monoisotopic (exact) mass is 128 g/mol. The first-order valence-corrected chi connectivity index (χ1v) is 3.55. The molecule has 0 spiro atoms. The van der Waals surface area contributed by atoms with Crippen molar-refractivity contribution in [2.45, 2.75) is 18.9 Å². The minimum Gasteiger partial charge on any atom is -0.378 e. The van der Waals surface area contributed by atoms with Crippen LogP contribution in [0.1, 0.15) is 12.8 Å². The van der Waals surface area contributed by atoms with Gasteiger partial charge in [0.1, 0.15) is 0 Å². The topological polar surface area (TPSA) is 21.3 Å². The molecule has 1 N–H and O–H groups in total. The van der Waals surface area contributed by atoms with Gasteiger partial charge in [-0.1, -0.05) is 0 Å². The molecule has 1 aliphatic heterocycles. The Morgan fingerprint density at radius 1 is 1.44 bits per heavy atom. The van der Waals surface area contributed by atoms with Crippen molar-refractivity contribution in [2.24, 2.45) is 0 Å². The maximum atomic E-state index is 5.33. The molecule has 0 aliphatic carbocycles. The molecule has 1 aliphatic rings. The molecule has 1 radical (unpaired) electrons. The summed E-state index contributed by atoms with van der Waals surface area (Å²) in [5, 5.41) is 3.27. The van der Waals surface area contributed by atoms with Crippen LogP contribution < -0.4 is 5.32 Å². The highest BCUT2D eigenvalue weighted by Crippen LogP contribution is 2.05. The molecule has 1 saturated heterocycles. The molecule has 53 valence electrons. The minimum atomic E-state index is 0.476. The Kier molecular flexibility index (Phi) is 3.01. The molecule has 0 amide bonds. The van der Waals surface area contributed by atoms with Crippen molar-refractivity contribution in [2.75, 3.05) is 19.7 Å². The Morgan fingerprint density at radius 2 is 2.11 bits per heavy atom. The number of ether oxygens (including phenoxy) is 1. The lowest BCUT2D eigenvalue weighted by Gasteiger charge is -2.21. The molecule has 0 aromatic rings. The fraction of sp³-hybridized carbons (Fsp3) is 0.857. The zero-order valence-electron chi connectivity index (χ0n) is 5.73. The summed E-state index contributed by atoms with van der Waals surface area (Å²) in [5.41, 5.74) is 0. The molecule has 0 bridgehead atoms. The average Bonchev–Trinajstić information content (AvgIpc) is 1.91. The predicted octanol–water partition coefficient (Wildman–Crippen LogP) is 0.589. The first kappa shape index (κ1) is 7.03. The fourth-order valence-corrected chi connectivity index (χ4v) is 1.13. The van der Waals surface area contributed by atoms with Crippen LogP contribution in [0.4, 0.5) is 0 Å². The Hall–Kier alpha value is -0.0800. The summed E-state index contributed by atoms with van der Waals surface area (Å²) >= 11 is 0. The Morgan fingerprint density at radius 3 is 2.67 bits per heavy atom. The van der Waals surface area contributed by atoms with Crippen LogP contribution in [0.2, 0.25) is 0 Å². The van der Waals surface area contributed by atoms with Gasteiger partial charge in [-0.15, -0.1) is 0 Å². The van der Waals surface area contributed by atoms with E-state index in [9.17, 15) is 0 Å². The summed E-state index contributed by atoms with van der Waals surface area (Å²) in [4.78, 5) is 0. The third-order valence-corrected chi connectivity index (χ3v) is 1.64. The molecule has 1 heterocycles. The summed E-state index contributed by atoms with van der Waals surface area (Å²) in [5.74, 6) is 0. The van der Waals surface area contributed by atoms with Crippen LogP contribution in [-0.4, -0.2) is 25.8 Å². The summed E-state index contributed by atoms with van der Waals surface area (Å²) in [6.07, 6.45) is 2.77. The van der Waals surface area contributed by atoms with Gasteiger partial charge in [0.15, 0.2) is 0 Å². The number of nitrogens with one attached hydrogen (secondary N) is 1. The largest absolute Gasteiger partial charge is 0.378 e. The van der Waals surface area contributed by atoms with Crippen molar-refractivity contribution in [3.8, 4) is 0 Å². The molecule has 1 rings (SSSR count). The van der Waals surface area contributed by atoms with Crippen molar-refractivity contribution in [1.82, 2.24) is 5.32 Å². The highest BCUT2D eigenvalue weighted by atomic mass is 16.5. The van der Waals surface area contributed by atoms with Gasteiger partial charge in [0, 0.05) is 6.61 Å². The van der Waals surface area contributed by atoms with Crippen molar-refractivity contribution in [3.63, 3.8) is 0 Å². The molecule has 0 aromatic carbocycles. The van der Waals surface area contributed by atoms with Crippen molar-refractivity contribution in [1.29, 1.82) is 0 Å². The fourth-order valence-electron chi connectivity index (χ4n) is 1.13. The van der Waals surface area contributed by atoms with Gasteiger partial charge in [-0.2, -0.15) is 0 Å². The molecular weight excluding hydrogens is 114 g/mol. The van der Waals surface area contributed by atoms with E-state index < -0.39 is 0 Å². The SMILES string of the molecule is [CH2]COC1CCNCC1. The number of hydrogen-bond acceptors (Lipinski definition) is 2. The van der Waals surface area contributed by atoms with Crippen LogP contribution in [0, 0.1) is 6.92 Å². The number of piperidine rings is 1. The zero-order chi connectivity index (χ0) is 6.53. The minimum absolute atomic E-state index is 0.476. The normalized spacial score (nSPS) is 22.3. The summed E-state index contributed by atoms with van der Waals surface area (Å²) in [6.45, 7) is 6.46. The van der Waals surface area contributed by atoms with E-state index in [1.54, 1.807) is 0 Å². The van der Waals surface area contributed by atoms with Gasteiger partial charge < -0.3 is 10.1 Å². The first-order valence-electron chi connectivity index (χ1n) is 3.55. The summed E-state index contributed by atoms with van der Waals surface area (Å²) < 4.78 is 5.33. The molecule has 2 nitrogen and oxygen atoms in total. The van der Waals surface area contributed by atoms with Crippen LogP contribution in [0.3, 0.4) is 0 Å². The Bertz CT molecular complexity index is 66.6. The third-order valence-electron chi connectivity index (χ3n) is 1.64. The van der Waals surface area contributed by atoms with E-state index >= 15 is 0 Å². The number of hydrogen-bond donors (Lipinski definition) is 1. The lowest BCUT2D eigenvalue weighted by Crippen LogP contribution is -2.32. The van der Waals surface area contributed by atoms with Gasteiger partial charge in [-0.25, -0.2) is 0 Å². The smallest absolute Gasteiger partial charge is 0.0599 e. The standard InChI is InChI=1S/C7H14NO/c1-2-9-7-3-5-8-6-4-7/h7-8H,1-6H2. The molecule has 0 aromatic heterocycles. The van der Waals surface area contributed by atoms with Crippen LogP contribution in [-0.2, 0) is 4.74 Å². The molecule has 9 heavy (non-hydrogen) atoms. The van der Waals surface area contributed by atoms with Crippen LogP contribution in [0.5, 0.6) is 0 Å². The lowest BCUT2D eigenvalue weighted by molar-refractivity contribution is 0.0506. The predicted molar refractivity (Wildman–Crippen MR) is 37.2 cm³/mol. The van der Waals surface area contributed by atoms with Crippen molar-refractivity contribution >= 4 is 0 Å². The molecule has 0 unspecified atom stereocenters. The molecule has 1 fully saturated rings. The number of rotatable bonds is 2. The van der Waals surface area contributed by atoms with Gasteiger partial charge in [0.2, 0.25) is 0 Å². The van der Waals surface area contributed by atoms with E-state index in [2.05, 4.69) is 12.2 Å². The van der Waals surface area contributed by atoms with Crippen LogP contribution in [0.25, 0.3) is 0 Å². The Labute approximate surface area is 56.6 Å². The van der Waals surface area contributed by atoms with Crippen LogP contribution in [0.15, 0.2) is 0 Å². The van der Waals surface area contributed by atoms with E-state index in [1.165, 1.54) is 0 Å².